The van der Waals surface area contributed by atoms with E-state index in [1.54, 1.807) is 18.2 Å². The number of benzene rings is 1. The summed E-state index contributed by atoms with van der Waals surface area (Å²) in [4.78, 5) is 4.66. The molecule has 0 atom stereocenters. The van der Waals surface area contributed by atoms with E-state index in [1.165, 1.54) is 7.05 Å². The number of rotatable bonds is 6. The van der Waals surface area contributed by atoms with E-state index >= 15 is 0 Å². The number of halogens is 1. The molecule has 7 heteroatoms. The lowest BCUT2D eigenvalue weighted by Crippen LogP contribution is -2.20. The summed E-state index contributed by atoms with van der Waals surface area (Å²) in [5, 5.41) is 0.677. The minimum absolute atomic E-state index is 0.160. The van der Waals surface area contributed by atoms with E-state index in [-0.39, 0.29) is 11.7 Å². The van der Waals surface area contributed by atoms with E-state index < -0.39 is 10.0 Å². The largest absolute Gasteiger partial charge is 0.331 e. The van der Waals surface area contributed by atoms with Crippen LogP contribution in [-0.4, -0.2) is 46.0 Å². The van der Waals surface area contributed by atoms with E-state index in [1.807, 2.05) is 19.0 Å². The first-order valence-corrected chi connectivity index (χ1v) is 8.33. The van der Waals surface area contributed by atoms with Gasteiger partial charge in [0.05, 0.1) is 5.75 Å². The molecule has 0 spiro atoms. The van der Waals surface area contributed by atoms with Crippen LogP contribution in [0.15, 0.2) is 18.2 Å². The van der Waals surface area contributed by atoms with Crippen molar-refractivity contribution in [3.8, 4) is 0 Å². The van der Waals surface area contributed by atoms with E-state index in [9.17, 15) is 12.8 Å². The second-order valence-electron chi connectivity index (χ2n) is 5.27. The first-order valence-electron chi connectivity index (χ1n) is 6.68. The summed E-state index contributed by atoms with van der Waals surface area (Å²) in [5.41, 5.74) is 1.78. The third-order valence-corrected chi connectivity index (χ3v) is 4.74. The number of H-pyrrole nitrogens is 1. The van der Waals surface area contributed by atoms with Crippen LogP contribution in [0.25, 0.3) is 10.9 Å². The molecule has 0 aliphatic carbocycles. The van der Waals surface area contributed by atoms with Gasteiger partial charge < -0.3 is 9.88 Å². The maximum atomic E-state index is 14.1. The summed E-state index contributed by atoms with van der Waals surface area (Å²) in [5.74, 6) is -0.547. The van der Waals surface area contributed by atoms with Crippen LogP contribution in [-0.2, 0) is 22.2 Å². The Labute approximate surface area is 124 Å². The molecule has 0 aliphatic heterocycles. The molecule has 116 valence electrons. The molecule has 0 unspecified atom stereocenters. The van der Waals surface area contributed by atoms with Gasteiger partial charge in [-0.15, -0.1) is 0 Å². The Hall–Kier alpha value is -1.44. The minimum atomic E-state index is -3.40. The quantitative estimate of drug-likeness (QED) is 0.848. The third kappa shape index (κ3) is 3.61. The van der Waals surface area contributed by atoms with Gasteiger partial charge in [-0.25, -0.2) is 13.1 Å². The molecule has 2 N–H and O–H groups in total. The van der Waals surface area contributed by atoms with E-state index in [0.717, 1.165) is 0 Å². The molecular weight excluding hydrogens is 293 g/mol. The molecule has 0 saturated heterocycles. The maximum absolute atomic E-state index is 14.1. The summed E-state index contributed by atoms with van der Waals surface area (Å²) < 4.78 is 39.9. The molecule has 5 nitrogen and oxygen atoms in total. The van der Waals surface area contributed by atoms with Crippen molar-refractivity contribution in [1.29, 1.82) is 0 Å². The van der Waals surface area contributed by atoms with Gasteiger partial charge in [-0.2, -0.15) is 4.39 Å². The van der Waals surface area contributed by atoms with Crippen LogP contribution in [0.3, 0.4) is 0 Å². The van der Waals surface area contributed by atoms with Crippen LogP contribution in [0.4, 0.5) is 4.39 Å². The summed E-state index contributed by atoms with van der Waals surface area (Å²) in [7, 11) is 1.81. The monoisotopic (exact) mass is 313 g/mol. The zero-order valence-corrected chi connectivity index (χ0v) is 13.2. The number of nitrogens with one attached hydrogen (secondary N) is 2. The second-order valence-corrected chi connectivity index (χ2v) is 7.20. The topological polar surface area (TPSA) is 65.2 Å². The molecule has 0 saturated carbocycles. The van der Waals surface area contributed by atoms with Crippen molar-refractivity contribution in [2.45, 2.75) is 12.2 Å². The minimum Gasteiger partial charge on any atom is -0.331 e. The Morgan fingerprint density at radius 2 is 2.05 bits per heavy atom. The molecule has 1 aromatic heterocycles. The molecule has 1 aromatic carbocycles. The van der Waals surface area contributed by atoms with Crippen LogP contribution >= 0.6 is 0 Å². The van der Waals surface area contributed by atoms with Gasteiger partial charge in [0, 0.05) is 23.0 Å². The van der Waals surface area contributed by atoms with Crippen molar-refractivity contribution in [2.24, 2.45) is 0 Å². The molecule has 0 radical (unpaired) electrons. The van der Waals surface area contributed by atoms with Crippen molar-refractivity contribution >= 4 is 20.9 Å². The van der Waals surface area contributed by atoms with Gasteiger partial charge in [-0.3, -0.25) is 0 Å². The van der Waals surface area contributed by atoms with Gasteiger partial charge in [0.1, 0.15) is 0 Å². The number of sulfonamides is 1. The summed E-state index contributed by atoms with van der Waals surface area (Å²) in [6.07, 6.45) is 0.523. The van der Waals surface area contributed by atoms with Gasteiger partial charge >= 0.3 is 0 Å². The highest BCUT2D eigenvalue weighted by Gasteiger charge is 2.18. The highest BCUT2D eigenvalue weighted by molar-refractivity contribution is 7.88. The zero-order chi connectivity index (χ0) is 15.6. The fourth-order valence-corrected chi connectivity index (χ4v) is 3.13. The van der Waals surface area contributed by atoms with Crippen LogP contribution in [0.1, 0.15) is 11.1 Å². The summed E-state index contributed by atoms with van der Waals surface area (Å²) in [6, 6.07) is 5.21. The molecule has 0 bridgehead atoms. The molecule has 2 aromatic rings. The lowest BCUT2D eigenvalue weighted by atomic mass is 10.1. The van der Waals surface area contributed by atoms with E-state index in [0.29, 0.717) is 35.0 Å². The van der Waals surface area contributed by atoms with Crippen LogP contribution < -0.4 is 4.72 Å². The molecule has 2 rings (SSSR count). The van der Waals surface area contributed by atoms with Crippen LogP contribution in [0.5, 0.6) is 0 Å². The Kier molecular flexibility index (Phi) is 4.65. The molecular formula is C14H20FN3O2S. The van der Waals surface area contributed by atoms with Crippen molar-refractivity contribution in [3.05, 3.63) is 35.3 Å². The van der Waals surface area contributed by atoms with Crippen molar-refractivity contribution in [1.82, 2.24) is 14.6 Å². The predicted molar refractivity (Wildman–Crippen MR) is 82.2 cm³/mol. The SMILES string of the molecule is CNS(=O)(=O)Cc1cccc2[nH]c(F)c(CCN(C)C)c12. The van der Waals surface area contributed by atoms with Crippen molar-refractivity contribution in [2.75, 3.05) is 27.7 Å². The average molecular weight is 313 g/mol. The predicted octanol–water partition coefficient (Wildman–Crippen LogP) is 1.46. The first kappa shape index (κ1) is 15.9. The molecule has 1 heterocycles. The zero-order valence-electron chi connectivity index (χ0n) is 12.4. The standard InChI is InChI=1S/C14H20FN3O2S/c1-16-21(19,20)9-10-5-4-6-12-13(10)11(14(15)17-12)7-8-18(2)3/h4-6,16-17H,7-9H2,1-3H3. The molecule has 0 aliphatic rings. The molecule has 21 heavy (non-hydrogen) atoms. The number of fused-ring (bicyclic) bond motifs is 1. The van der Waals surface area contributed by atoms with Gasteiger partial charge in [0.25, 0.3) is 0 Å². The van der Waals surface area contributed by atoms with Gasteiger partial charge in [-0.05, 0) is 39.2 Å². The summed E-state index contributed by atoms with van der Waals surface area (Å²) >= 11 is 0. The number of aromatic nitrogens is 1. The number of likely N-dealkylation sites (N-methyl/N-ethyl adjacent to an activating group) is 1. The van der Waals surface area contributed by atoms with Crippen LogP contribution in [0, 0.1) is 5.95 Å². The van der Waals surface area contributed by atoms with Crippen molar-refractivity contribution in [3.63, 3.8) is 0 Å². The Bertz CT molecular complexity index is 738. The Morgan fingerprint density at radius 3 is 2.67 bits per heavy atom. The Morgan fingerprint density at radius 1 is 1.33 bits per heavy atom. The second kappa shape index (κ2) is 6.13. The lowest BCUT2D eigenvalue weighted by Gasteiger charge is -2.10. The normalized spacial score (nSPS) is 12.4. The average Bonchev–Trinajstić information content (AvgIpc) is 2.73. The number of hydrogen-bond acceptors (Lipinski definition) is 3. The Balaban J connectivity index is 2.51. The maximum Gasteiger partial charge on any atom is 0.215 e. The highest BCUT2D eigenvalue weighted by Crippen LogP contribution is 2.27. The molecule has 0 fully saturated rings. The highest BCUT2D eigenvalue weighted by atomic mass is 32.2. The van der Waals surface area contributed by atoms with Gasteiger partial charge in [-0.1, -0.05) is 12.1 Å². The lowest BCUT2D eigenvalue weighted by molar-refractivity contribution is 0.410. The summed E-state index contributed by atoms with van der Waals surface area (Å²) in [6.45, 7) is 0.691. The number of nitrogens with zero attached hydrogens (tertiary/aromatic N) is 1. The fourth-order valence-electron chi connectivity index (χ4n) is 2.33. The fraction of sp³-hybridized carbons (Fsp3) is 0.429. The van der Waals surface area contributed by atoms with Gasteiger partial charge in [0.2, 0.25) is 10.0 Å². The third-order valence-electron chi connectivity index (χ3n) is 3.43. The van der Waals surface area contributed by atoms with Gasteiger partial charge in [0.15, 0.2) is 5.95 Å². The number of hydrogen-bond donors (Lipinski definition) is 2. The molecule has 0 amide bonds. The van der Waals surface area contributed by atoms with E-state index in [2.05, 4.69) is 9.71 Å². The van der Waals surface area contributed by atoms with Crippen molar-refractivity contribution < 1.29 is 12.8 Å². The first-order chi connectivity index (χ1) is 9.84. The number of aromatic amines is 1. The van der Waals surface area contributed by atoms with Crippen LogP contribution in [0.2, 0.25) is 0 Å². The van der Waals surface area contributed by atoms with E-state index in [4.69, 9.17) is 0 Å². The smallest absolute Gasteiger partial charge is 0.215 e.